The van der Waals surface area contributed by atoms with Gasteiger partial charge in [-0.1, -0.05) is 13.3 Å². The number of rotatable bonds is 5. The van der Waals surface area contributed by atoms with Crippen molar-refractivity contribution in [1.82, 2.24) is 5.32 Å². The molecule has 0 aliphatic heterocycles. The SMILES string of the molecule is CCC1CC1CC(=O)CNC(=O)OC(C)(C)C. The lowest BCUT2D eigenvalue weighted by Gasteiger charge is -2.19. The number of hydrogen-bond donors (Lipinski definition) is 1. The highest BCUT2D eigenvalue weighted by Crippen LogP contribution is 2.43. The second kappa shape index (κ2) is 5.52. The zero-order valence-corrected chi connectivity index (χ0v) is 11.2. The second-order valence-electron chi connectivity index (χ2n) is 5.76. The Morgan fingerprint density at radius 3 is 2.41 bits per heavy atom. The molecule has 0 aromatic rings. The third kappa shape index (κ3) is 5.71. The predicted octanol–water partition coefficient (Wildman–Crippen LogP) is 2.52. The van der Waals surface area contributed by atoms with E-state index in [1.165, 1.54) is 0 Å². The van der Waals surface area contributed by atoms with Gasteiger partial charge in [0.05, 0.1) is 6.54 Å². The van der Waals surface area contributed by atoms with Crippen LogP contribution in [0.15, 0.2) is 0 Å². The largest absolute Gasteiger partial charge is 0.444 e. The first-order valence-corrected chi connectivity index (χ1v) is 6.30. The van der Waals surface area contributed by atoms with E-state index in [0.29, 0.717) is 12.3 Å². The van der Waals surface area contributed by atoms with E-state index >= 15 is 0 Å². The molecular weight excluding hydrogens is 218 g/mol. The van der Waals surface area contributed by atoms with Crippen molar-refractivity contribution in [3.05, 3.63) is 0 Å². The van der Waals surface area contributed by atoms with Gasteiger partial charge in [-0.25, -0.2) is 4.79 Å². The molecule has 1 rings (SSSR count). The lowest BCUT2D eigenvalue weighted by molar-refractivity contribution is -0.118. The molecule has 98 valence electrons. The van der Waals surface area contributed by atoms with Gasteiger partial charge in [0, 0.05) is 6.42 Å². The highest BCUT2D eigenvalue weighted by molar-refractivity contribution is 5.84. The van der Waals surface area contributed by atoms with Gasteiger partial charge in [0.1, 0.15) is 5.60 Å². The monoisotopic (exact) mass is 241 g/mol. The molecule has 4 heteroatoms. The summed E-state index contributed by atoms with van der Waals surface area (Å²) in [4.78, 5) is 22.9. The van der Waals surface area contributed by atoms with Crippen LogP contribution < -0.4 is 5.32 Å². The molecule has 0 radical (unpaired) electrons. The molecule has 1 amide bonds. The maximum absolute atomic E-state index is 11.6. The number of Topliss-reactive ketones (excluding diaryl/α,β-unsaturated/α-hetero) is 1. The van der Waals surface area contributed by atoms with E-state index in [9.17, 15) is 9.59 Å². The molecule has 1 N–H and O–H groups in total. The van der Waals surface area contributed by atoms with Gasteiger partial charge in [0.15, 0.2) is 5.78 Å². The Morgan fingerprint density at radius 2 is 1.94 bits per heavy atom. The van der Waals surface area contributed by atoms with Crippen LogP contribution in [-0.2, 0) is 9.53 Å². The average molecular weight is 241 g/mol. The number of carbonyl (C=O) groups is 2. The molecule has 0 heterocycles. The normalized spacial score (nSPS) is 23.1. The molecule has 0 aromatic heterocycles. The van der Waals surface area contributed by atoms with Crippen LogP contribution in [0.5, 0.6) is 0 Å². The quantitative estimate of drug-likeness (QED) is 0.804. The van der Waals surface area contributed by atoms with Crippen LogP contribution in [0.1, 0.15) is 47.0 Å². The van der Waals surface area contributed by atoms with E-state index in [4.69, 9.17) is 4.74 Å². The lowest BCUT2D eigenvalue weighted by Crippen LogP contribution is -2.35. The standard InChI is InChI=1S/C13H23NO3/c1-5-9-6-10(9)7-11(15)8-14-12(16)17-13(2,3)4/h9-10H,5-8H2,1-4H3,(H,14,16). The number of nitrogens with one attached hydrogen (secondary N) is 1. The molecule has 1 fully saturated rings. The van der Waals surface area contributed by atoms with Crippen LogP contribution in [0.25, 0.3) is 0 Å². The molecule has 17 heavy (non-hydrogen) atoms. The summed E-state index contributed by atoms with van der Waals surface area (Å²) in [5.74, 6) is 1.37. The minimum Gasteiger partial charge on any atom is -0.444 e. The van der Waals surface area contributed by atoms with E-state index in [1.54, 1.807) is 20.8 Å². The Bertz CT molecular complexity index is 294. The van der Waals surface area contributed by atoms with Crippen molar-refractivity contribution in [1.29, 1.82) is 0 Å². The predicted molar refractivity (Wildman–Crippen MR) is 65.7 cm³/mol. The summed E-state index contributed by atoms with van der Waals surface area (Å²) in [6.45, 7) is 7.62. The van der Waals surface area contributed by atoms with Gasteiger partial charge in [-0.2, -0.15) is 0 Å². The Hall–Kier alpha value is -1.06. The maximum Gasteiger partial charge on any atom is 0.408 e. The van der Waals surface area contributed by atoms with Gasteiger partial charge in [-0.15, -0.1) is 0 Å². The van der Waals surface area contributed by atoms with E-state index in [2.05, 4.69) is 12.2 Å². The lowest BCUT2D eigenvalue weighted by atomic mass is 10.1. The second-order valence-corrected chi connectivity index (χ2v) is 5.76. The van der Waals surface area contributed by atoms with Crippen molar-refractivity contribution < 1.29 is 14.3 Å². The van der Waals surface area contributed by atoms with Gasteiger partial charge < -0.3 is 10.1 Å². The molecule has 2 atom stereocenters. The summed E-state index contributed by atoms with van der Waals surface area (Å²) in [6.07, 6.45) is 2.38. The van der Waals surface area contributed by atoms with E-state index < -0.39 is 11.7 Å². The maximum atomic E-state index is 11.6. The van der Waals surface area contributed by atoms with Crippen molar-refractivity contribution in [2.45, 2.75) is 52.6 Å². The highest BCUT2D eigenvalue weighted by Gasteiger charge is 2.36. The van der Waals surface area contributed by atoms with Crippen molar-refractivity contribution in [3.63, 3.8) is 0 Å². The van der Waals surface area contributed by atoms with Crippen LogP contribution in [0, 0.1) is 11.8 Å². The first kappa shape index (κ1) is 14.0. The number of alkyl carbamates (subject to hydrolysis) is 1. The van der Waals surface area contributed by atoms with Crippen LogP contribution in [0.3, 0.4) is 0 Å². The molecule has 4 nitrogen and oxygen atoms in total. The zero-order valence-electron chi connectivity index (χ0n) is 11.2. The van der Waals surface area contributed by atoms with Crippen molar-refractivity contribution in [2.75, 3.05) is 6.54 Å². The molecule has 0 bridgehead atoms. The van der Waals surface area contributed by atoms with Crippen LogP contribution in [0.2, 0.25) is 0 Å². The molecule has 2 unspecified atom stereocenters. The molecule has 0 saturated heterocycles. The third-order valence-corrected chi connectivity index (χ3v) is 2.91. The van der Waals surface area contributed by atoms with Crippen molar-refractivity contribution in [2.24, 2.45) is 11.8 Å². The highest BCUT2D eigenvalue weighted by atomic mass is 16.6. The van der Waals surface area contributed by atoms with Gasteiger partial charge in [0.25, 0.3) is 0 Å². The number of ether oxygens (including phenoxy) is 1. The Balaban J connectivity index is 2.14. The van der Waals surface area contributed by atoms with Gasteiger partial charge in [0.2, 0.25) is 0 Å². The average Bonchev–Trinajstić information content (AvgIpc) is 2.91. The van der Waals surface area contributed by atoms with Gasteiger partial charge in [-0.3, -0.25) is 4.79 Å². The Morgan fingerprint density at radius 1 is 1.29 bits per heavy atom. The Labute approximate surface area is 103 Å². The molecular formula is C13H23NO3. The fourth-order valence-corrected chi connectivity index (χ4v) is 1.91. The third-order valence-electron chi connectivity index (χ3n) is 2.91. The Kier molecular flexibility index (Phi) is 4.54. The summed E-state index contributed by atoms with van der Waals surface area (Å²) in [7, 11) is 0. The minimum atomic E-state index is -0.520. The summed E-state index contributed by atoms with van der Waals surface area (Å²) >= 11 is 0. The number of carbonyl (C=O) groups excluding carboxylic acids is 2. The molecule has 0 aromatic carbocycles. The molecule has 1 saturated carbocycles. The van der Waals surface area contributed by atoms with Crippen LogP contribution in [0.4, 0.5) is 4.79 Å². The zero-order chi connectivity index (χ0) is 13.1. The fraction of sp³-hybridized carbons (Fsp3) is 0.846. The smallest absolute Gasteiger partial charge is 0.408 e. The summed E-state index contributed by atoms with van der Waals surface area (Å²) in [5.41, 5.74) is -0.517. The fourth-order valence-electron chi connectivity index (χ4n) is 1.91. The topological polar surface area (TPSA) is 55.4 Å². The molecule has 1 aliphatic carbocycles. The van der Waals surface area contributed by atoms with Crippen LogP contribution in [-0.4, -0.2) is 24.0 Å². The molecule has 1 aliphatic rings. The van der Waals surface area contributed by atoms with Crippen LogP contribution >= 0.6 is 0 Å². The van der Waals surface area contributed by atoms with Gasteiger partial charge in [-0.05, 0) is 39.0 Å². The van der Waals surface area contributed by atoms with E-state index in [1.807, 2.05) is 0 Å². The van der Waals surface area contributed by atoms with E-state index in [0.717, 1.165) is 18.8 Å². The first-order chi connectivity index (χ1) is 7.81. The number of ketones is 1. The number of hydrogen-bond acceptors (Lipinski definition) is 3. The molecule has 0 spiro atoms. The summed E-state index contributed by atoms with van der Waals surface area (Å²) in [5, 5.41) is 2.49. The minimum absolute atomic E-state index is 0.0852. The van der Waals surface area contributed by atoms with Crippen molar-refractivity contribution >= 4 is 11.9 Å². The van der Waals surface area contributed by atoms with Crippen molar-refractivity contribution in [3.8, 4) is 0 Å². The first-order valence-electron chi connectivity index (χ1n) is 6.30. The summed E-state index contributed by atoms with van der Waals surface area (Å²) < 4.78 is 5.05. The van der Waals surface area contributed by atoms with E-state index in [-0.39, 0.29) is 12.3 Å². The number of amides is 1. The summed E-state index contributed by atoms with van der Waals surface area (Å²) in [6, 6.07) is 0. The van der Waals surface area contributed by atoms with Gasteiger partial charge >= 0.3 is 6.09 Å².